The van der Waals surface area contributed by atoms with Gasteiger partial charge in [-0.05, 0) is 56.4 Å². The van der Waals surface area contributed by atoms with Gasteiger partial charge < -0.3 is 25.2 Å². The molecular weight excluding hydrogens is 505 g/mol. The Morgan fingerprint density at radius 1 is 0.914 bits per heavy atom. The van der Waals surface area contributed by atoms with Crippen LogP contribution >= 0.6 is 23.2 Å². The van der Waals surface area contributed by atoms with Crippen LogP contribution in [0.25, 0.3) is 0 Å². The number of fused-ring (bicyclic) bond motifs is 2. The fourth-order valence-corrected chi connectivity index (χ4v) is 5.10. The minimum Gasteiger partial charge on any atom is -0.484 e. The quantitative estimate of drug-likeness (QED) is 0.484. The molecular formula is C24H24Cl2F2N2O5. The minimum atomic E-state index is -0.919. The average Bonchev–Trinajstić information content (AvgIpc) is 3.12. The van der Waals surface area contributed by atoms with Gasteiger partial charge in [0.2, 0.25) is 0 Å². The average molecular weight is 529 g/mol. The van der Waals surface area contributed by atoms with Gasteiger partial charge in [0, 0.05) is 17.7 Å². The molecule has 2 aliphatic carbocycles. The molecule has 4 rings (SSSR count). The highest BCUT2D eigenvalue weighted by Gasteiger charge is 2.56. The number of hydrogen-bond donors (Lipinski definition) is 3. The van der Waals surface area contributed by atoms with Crippen LogP contribution in [0.1, 0.15) is 32.1 Å². The van der Waals surface area contributed by atoms with Crippen LogP contribution in [0, 0.1) is 11.6 Å². The Labute approximate surface area is 210 Å². The predicted molar refractivity (Wildman–Crippen MR) is 125 cm³/mol. The SMILES string of the molecule is O=C(COc1ccc(Cl)c(F)c1)NC12CCC(O)C(NC(=O)COc3ccc(Cl)c(F)c3)(CC1)C2. The summed E-state index contributed by atoms with van der Waals surface area (Å²) in [5, 5.41) is 16.4. The molecule has 7 nitrogen and oxygen atoms in total. The zero-order chi connectivity index (χ0) is 25.2. The van der Waals surface area contributed by atoms with Crippen molar-refractivity contribution in [2.24, 2.45) is 0 Å². The highest BCUT2D eigenvalue weighted by Crippen LogP contribution is 2.48. The first-order chi connectivity index (χ1) is 16.6. The van der Waals surface area contributed by atoms with Crippen molar-refractivity contribution in [3.8, 4) is 11.5 Å². The van der Waals surface area contributed by atoms with Crippen LogP contribution in [-0.2, 0) is 9.59 Å². The number of carbonyl (C=O) groups is 2. The molecule has 2 bridgehead atoms. The molecule has 11 heteroatoms. The summed E-state index contributed by atoms with van der Waals surface area (Å²) in [6.07, 6.45) is 1.47. The van der Waals surface area contributed by atoms with E-state index in [-0.39, 0.29) is 34.8 Å². The fraction of sp³-hybridized carbons (Fsp3) is 0.417. The van der Waals surface area contributed by atoms with Gasteiger partial charge in [-0.25, -0.2) is 8.78 Å². The molecule has 0 spiro atoms. The number of hydrogen-bond acceptors (Lipinski definition) is 5. The Morgan fingerprint density at radius 2 is 1.46 bits per heavy atom. The van der Waals surface area contributed by atoms with Crippen molar-refractivity contribution in [3.05, 3.63) is 58.1 Å². The lowest BCUT2D eigenvalue weighted by atomic mass is 9.76. The summed E-state index contributed by atoms with van der Waals surface area (Å²) in [5.74, 6) is -1.86. The molecule has 2 fully saturated rings. The van der Waals surface area contributed by atoms with Crippen molar-refractivity contribution < 1.29 is 33.0 Å². The van der Waals surface area contributed by atoms with E-state index in [1.807, 2.05) is 0 Å². The second kappa shape index (κ2) is 10.2. The molecule has 3 atom stereocenters. The summed E-state index contributed by atoms with van der Waals surface area (Å²) in [5.41, 5.74) is -1.53. The molecule has 0 radical (unpaired) electrons. The van der Waals surface area contributed by atoms with E-state index < -0.39 is 40.6 Å². The number of aliphatic hydroxyl groups excluding tert-OH is 1. The van der Waals surface area contributed by atoms with E-state index >= 15 is 0 Å². The van der Waals surface area contributed by atoms with Gasteiger partial charge in [0.05, 0.1) is 21.7 Å². The Hall–Kier alpha value is -2.62. The zero-order valence-corrected chi connectivity index (χ0v) is 20.1. The van der Waals surface area contributed by atoms with E-state index in [2.05, 4.69) is 10.6 Å². The van der Waals surface area contributed by atoms with Crippen molar-refractivity contribution >= 4 is 35.0 Å². The third kappa shape index (κ3) is 5.79. The number of amides is 2. The number of benzene rings is 2. The molecule has 2 saturated carbocycles. The van der Waals surface area contributed by atoms with Crippen molar-refractivity contribution in [2.75, 3.05) is 13.2 Å². The van der Waals surface area contributed by atoms with Gasteiger partial charge in [-0.15, -0.1) is 0 Å². The van der Waals surface area contributed by atoms with Gasteiger partial charge in [0.15, 0.2) is 13.2 Å². The topological polar surface area (TPSA) is 96.9 Å². The molecule has 2 amide bonds. The maximum atomic E-state index is 13.6. The monoisotopic (exact) mass is 528 g/mol. The molecule has 2 aliphatic rings. The van der Waals surface area contributed by atoms with Crippen LogP contribution in [-0.4, -0.2) is 47.3 Å². The fourth-order valence-electron chi connectivity index (χ4n) is 4.87. The molecule has 0 aromatic heterocycles. The van der Waals surface area contributed by atoms with Gasteiger partial charge in [-0.1, -0.05) is 23.2 Å². The van der Waals surface area contributed by atoms with Crippen LogP contribution in [0.5, 0.6) is 11.5 Å². The summed E-state index contributed by atoms with van der Waals surface area (Å²) < 4.78 is 37.9. The molecule has 188 valence electrons. The third-order valence-corrected chi connectivity index (χ3v) is 7.17. The zero-order valence-electron chi connectivity index (χ0n) is 18.6. The van der Waals surface area contributed by atoms with Crippen LogP contribution in [0.3, 0.4) is 0 Å². The normalized spacial score (nSPS) is 25.1. The van der Waals surface area contributed by atoms with E-state index in [0.29, 0.717) is 32.1 Å². The number of carbonyl (C=O) groups excluding carboxylic acids is 2. The van der Waals surface area contributed by atoms with Gasteiger partial charge in [-0.2, -0.15) is 0 Å². The number of rotatable bonds is 8. The number of halogens is 4. The van der Waals surface area contributed by atoms with Gasteiger partial charge >= 0.3 is 0 Å². The van der Waals surface area contributed by atoms with E-state index in [0.717, 1.165) is 12.1 Å². The van der Waals surface area contributed by atoms with Gasteiger partial charge in [0.25, 0.3) is 11.8 Å². The lowest BCUT2D eigenvalue weighted by molar-refractivity contribution is -0.128. The van der Waals surface area contributed by atoms with Crippen molar-refractivity contribution in [2.45, 2.75) is 49.3 Å². The van der Waals surface area contributed by atoms with Crippen molar-refractivity contribution in [1.82, 2.24) is 10.6 Å². The van der Waals surface area contributed by atoms with Crippen LogP contribution in [0.15, 0.2) is 36.4 Å². The van der Waals surface area contributed by atoms with Gasteiger partial charge in [-0.3, -0.25) is 9.59 Å². The molecule has 2 aromatic rings. The summed E-state index contributed by atoms with van der Waals surface area (Å²) >= 11 is 11.3. The van der Waals surface area contributed by atoms with Crippen LogP contribution < -0.4 is 20.1 Å². The lowest BCUT2D eigenvalue weighted by Gasteiger charge is -2.43. The number of aliphatic hydroxyl groups is 1. The largest absolute Gasteiger partial charge is 0.484 e. The first-order valence-corrected chi connectivity index (χ1v) is 11.8. The summed E-state index contributed by atoms with van der Waals surface area (Å²) in [6.45, 7) is -0.698. The van der Waals surface area contributed by atoms with E-state index in [1.165, 1.54) is 24.3 Å². The minimum absolute atomic E-state index is 0.0449. The molecule has 35 heavy (non-hydrogen) atoms. The van der Waals surface area contributed by atoms with E-state index in [1.54, 1.807) is 0 Å². The Balaban J connectivity index is 1.33. The first kappa shape index (κ1) is 25.5. The molecule has 2 aromatic carbocycles. The molecule has 3 N–H and O–H groups in total. The summed E-state index contributed by atoms with van der Waals surface area (Å²) in [4.78, 5) is 25.2. The van der Waals surface area contributed by atoms with E-state index in [4.69, 9.17) is 32.7 Å². The van der Waals surface area contributed by atoms with Crippen LogP contribution in [0.4, 0.5) is 8.78 Å². The Bertz CT molecular complexity index is 1140. The Morgan fingerprint density at radius 3 is 2.00 bits per heavy atom. The predicted octanol–water partition coefficient (Wildman–Crippen LogP) is 3.78. The third-order valence-electron chi connectivity index (χ3n) is 6.55. The Kier molecular flexibility index (Phi) is 7.40. The van der Waals surface area contributed by atoms with Gasteiger partial charge in [0.1, 0.15) is 23.1 Å². The highest BCUT2D eigenvalue weighted by atomic mass is 35.5. The van der Waals surface area contributed by atoms with Crippen molar-refractivity contribution in [1.29, 1.82) is 0 Å². The molecule has 3 unspecified atom stereocenters. The molecule has 0 heterocycles. The smallest absolute Gasteiger partial charge is 0.258 e. The van der Waals surface area contributed by atoms with Crippen LogP contribution in [0.2, 0.25) is 10.0 Å². The second-order valence-corrected chi connectivity index (χ2v) is 9.81. The number of nitrogens with one attached hydrogen (secondary N) is 2. The molecule has 0 aliphatic heterocycles. The summed E-state index contributed by atoms with van der Waals surface area (Å²) in [7, 11) is 0. The maximum absolute atomic E-state index is 13.6. The van der Waals surface area contributed by atoms with E-state index in [9.17, 15) is 23.5 Å². The highest BCUT2D eigenvalue weighted by molar-refractivity contribution is 6.31. The molecule has 0 saturated heterocycles. The second-order valence-electron chi connectivity index (χ2n) is 8.99. The lowest BCUT2D eigenvalue weighted by Crippen LogP contribution is -2.62. The van der Waals surface area contributed by atoms with Crippen molar-refractivity contribution in [3.63, 3.8) is 0 Å². The maximum Gasteiger partial charge on any atom is 0.258 e. The standard InChI is InChI=1S/C24H24Cl2F2N2O5/c25-16-3-1-14(9-18(16)27)34-11-21(32)29-23-6-5-20(31)24(13-23,8-7-23)30-22(33)12-35-15-2-4-17(26)19(28)10-15/h1-4,9-10,20,31H,5-8,11-13H2,(H,29,32)(H,30,33). The summed E-state index contributed by atoms with van der Waals surface area (Å²) in [6, 6.07) is 7.76. The first-order valence-electron chi connectivity index (χ1n) is 11.1. The number of ether oxygens (including phenoxy) is 2.